The van der Waals surface area contributed by atoms with Crippen molar-refractivity contribution >= 4 is 23.7 Å². The van der Waals surface area contributed by atoms with Crippen molar-refractivity contribution in [2.45, 2.75) is 39.5 Å². The fourth-order valence-electron chi connectivity index (χ4n) is 1.14. The molecule has 0 radical (unpaired) electrons. The first-order valence-electron chi connectivity index (χ1n) is 5.17. The first-order chi connectivity index (χ1) is 7.84. The molecule has 0 aromatic carbocycles. The number of aliphatic carboxylic acids is 1. The van der Waals surface area contributed by atoms with Crippen LogP contribution in [0, 0.1) is 0 Å². The molecule has 0 aliphatic rings. The minimum atomic E-state index is -0.928. The van der Waals surface area contributed by atoms with Crippen LogP contribution in [-0.4, -0.2) is 33.8 Å². The molecule has 0 saturated heterocycles. The minimum Gasteiger partial charge on any atom is -0.481 e. The Morgan fingerprint density at radius 2 is 1.59 bits per heavy atom. The molecule has 3 amide bonds. The maximum absolute atomic E-state index is 11.5. The van der Waals surface area contributed by atoms with Crippen LogP contribution in [0.4, 0.5) is 0 Å². The molecule has 7 nitrogen and oxygen atoms in total. The van der Waals surface area contributed by atoms with Gasteiger partial charge in [0.2, 0.25) is 17.7 Å². The Kier molecular flexibility index (Phi) is 6.54. The summed E-state index contributed by atoms with van der Waals surface area (Å²) in [6, 6.07) is 0. The van der Waals surface area contributed by atoms with Crippen molar-refractivity contribution in [3.8, 4) is 0 Å². The average molecular weight is 244 g/mol. The van der Waals surface area contributed by atoms with Crippen LogP contribution in [0.3, 0.4) is 0 Å². The molecule has 7 heteroatoms. The van der Waals surface area contributed by atoms with Crippen LogP contribution in [0.1, 0.15) is 39.5 Å². The molecule has 0 bridgehead atoms. The SMILES string of the molecule is CC(=O)NN(C(C)=O)C(=O)CCCCC(=O)O. The predicted molar refractivity (Wildman–Crippen MR) is 57.4 cm³/mol. The molecule has 0 aliphatic carbocycles. The fourth-order valence-corrected chi connectivity index (χ4v) is 1.14. The van der Waals surface area contributed by atoms with E-state index in [-0.39, 0.29) is 12.8 Å². The summed E-state index contributed by atoms with van der Waals surface area (Å²) in [5.41, 5.74) is 2.11. The number of carbonyl (C=O) groups excluding carboxylic acids is 3. The number of imide groups is 1. The zero-order valence-corrected chi connectivity index (χ0v) is 9.86. The van der Waals surface area contributed by atoms with E-state index < -0.39 is 23.7 Å². The van der Waals surface area contributed by atoms with Gasteiger partial charge in [0.15, 0.2) is 0 Å². The maximum Gasteiger partial charge on any atom is 0.303 e. The Morgan fingerprint density at radius 3 is 2.00 bits per heavy atom. The van der Waals surface area contributed by atoms with Gasteiger partial charge >= 0.3 is 5.97 Å². The molecular weight excluding hydrogens is 228 g/mol. The van der Waals surface area contributed by atoms with E-state index in [1.165, 1.54) is 6.92 Å². The third-order valence-electron chi connectivity index (χ3n) is 1.86. The van der Waals surface area contributed by atoms with Gasteiger partial charge in [0.05, 0.1) is 0 Å². The molecule has 17 heavy (non-hydrogen) atoms. The summed E-state index contributed by atoms with van der Waals surface area (Å²) in [7, 11) is 0. The van der Waals surface area contributed by atoms with E-state index >= 15 is 0 Å². The van der Waals surface area contributed by atoms with Crippen molar-refractivity contribution in [1.29, 1.82) is 0 Å². The van der Waals surface area contributed by atoms with Gasteiger partial charge in [-0.2, -0.15) is 5.01 Å². The van der Waals surface area contributed by atoms with Gasteiger partial charge in [-0.3, -0.25) is 24.6 Å². The molecule has 0 heterocycles. The second-order valence-corrected chi connectivity index (χ2v) is 3.52. The molecular formula is C10H16N2O5. The first-order valence-corrected chi connectivity index (χ1v) is 5.17. The summed E-state index contributed by atoms with van der Waals surface area (Å²) in [5, 5.41) is 9.03. The number of unbranched alkanes of at least 4 members (excludes halogenated alkanes) is 1. The fraction of sp³-hybridized carbons (Fsp3) is 0.600. The lowest BCUT2D eigenvalue weighted by molar-refractivity contribution is -0.152. The lowest BCUT2D eigenvalue weighted by Gasteiger charge is -2.18. The number of amides is 3. The zero-order chi connectivity index (χ0) is 13.4. The standard InChI is InChI=1S/C10H16N2O5/c1-7(13)11-12(8(2)14)9(15)5-3-4-6-10(16)17/h3-6H2,1-2H3,(H,11,13)(H,16,17). The molecule has 96 valence electrons. The summed E-state index contributed by atoms with van der Waals surface area (Å²) >= 11 is 0. The van der Waals surface area contributed by atoms with Crippen LogP contribution in [0.2, 0.25) is 0 Å². The summed E-state index contributed by atoms with van der Waals surface area (Å²) in [4.78, 5) is 43.5. The Bertz CT molecular complexity index is 327. The molecule has 0 aliphatic heterocycles. The summed E-state index contributed by atoms with van der Waals surface area (Å²) in [5.74, 6) is -2.57. The second-order valence-electron chi connectivity index (χ2n) is 3.52. The highest BCUT2D eigenvalue weighted by Gasteiger charge is 2.18. The first kappa shape index (κ1) is 15.1. The zero-order valence-electron chi connectivity index (χ0n) is 9.86. The number of hydrogen-bond acceptors (Lipinski definition) is 4. The Labute approximate surface area is 98.7 Å². The molecule has 0 fully saturated rings. The van der Waals surface area contributed by atoms with Gasteiger partial charge in [-0.1, -0.05) is 0 Å². The van der Waals surface area contributed by atoms with Crippen molar-refractivity contribution in [2.24, 2.45) is 0 Å². The topological polar surface area (TPSA) is 104 Å². The molecule has 0 aromatic rings. The Morgan fingerprint density at radius 1 is 1.06 bits per heavy atom. The van der Waals surface area contributed by atoms with Gasteiger partial charge < -0.3 is 5.11 Å². The predicted octanol–water partition coefficient (Wildman–Crippen LogP) is 0.0576. The van der Waals surface area contributed by atoms with E-state index in [1.807, 2.05) is 0 Å². The highest BCUT2D eigenvalue weighted by atomic mass is 16.4. The highest BCUT2D eigenvalue weighted by molar-refractivity contribution is 5.95. The van der Waals surface area contributed by atoms with Gasteiger partial charge in [-0.15, -0.1) is 0 Å². The van der Waals surface area contributed by atoms with Crippen molar-refractivity contribution in [3.63, 3.8) is 0 Å². The number of hydrazine groups is 1. The minimum absolute atomic E-state index is 0.0203. The second kappa shape index (κ2) is 7.37. The largest absolute Gasteiger partial charge is 0.481 e. The number of carboxylic acid groups (broad SMARTS) is 1. The number of carbonyl (C=O) groups is 4. The lowest BCUT2D eigenvalue weighted by atomic mass is 10.2. The molecule has 0 rings (SSSR count). The van der Waals surface area contributed by atoms with E-state index in [0.29, 0.717) is 17.9 Å². The molecule has 0 aromatic heterocycles. The number of rotatable bonds is 5. The third kappa shape index (κ3) is 7.04. The van der Waals surface area contributed by atoms with Gasteiger partial charge in [-0.05, 0) is 12.8 Å². The smallest absolute Gasteiger partial charge is 0.303 e. The summed E-state index contributed by atoms with van der Waals surface area (Å²) < 4.78 is 0. The highest BCUT2D eigenvalue weighted by Crippen LogP contribution is 2.02. The lowest BCUT2D eigenvalue weighted by Crippen LogP contribution is -2.48. The Hall–Kier alpha value is -1.92. The van der Waals surface area contributed by atoms with Gasteiger partial charge in [0.25, 0.3) is 0 Å². The van der Waals surface area contributed by atoms with Gasteiger partial charge in [0, 0.05) is 26.7 Å². The van der Waals surface area contributed by atoms with Crippen LogP contribution in [0.15, 0.2) is 0 Å². The quantitative estimate of drug-likeness (QED) is 0.525. The number of nitrogens with zero attached hydrogens (tertiary/aromatic N) is 1. The number of carboxylic acids is 1. The number of hydrogen-bond donors (Lipinski definition) is 2. The third-order valence-corrected chi connectivity index (χ3v) is 1.86. The van der Waals surface area contributed by atoms with E-state index in [2.05, 4.69) is 5.43 Å². The van der Waals surface area contributed by atoms with Crippen LogP contribution in [0.5, 0.6) is 0 Å². The molecule has 0 unspecified atom stereocenters. The van der Waals surface area contributed by atoms with E-state index in [0.717, 1.165) is 6.92 Å². The van der Waals surface area contributed by atoms with E-state index in [4.69, 9.17) is 5.11 Å². The van der Waals surface area contributed by atoms with E-state index in [9.17, 15) is 19.2 Å². The average Bonchev–Trinajstić information content (AvgIpc) is 2.19. The van der Waals surface area contributed by atoms with Gasteiger partial charge in [-0.25, -0.2) is 0 Å². The normalized spacial score (nSPS) is 9.53. The monoisotopic (exact) mass is 244 g/mol. The molecule has 0 atom stereocenters. The summed E-state index contributed by atoms with van der Waals surface area (Å²) in [6.45, 7) is 2.35. The van der Waals surface area contributed by atoms with Crippen LogP contribution in [-0.2, 0) is 19.2 Å². The van der Waals surface area contributed by atoms with Crippen molar-refractivity contribution in [1.82, 2.24) is 10.4 Å². The molecule has 0 saturated carbocycles. The van der Waals surface area contributed by atoms with Crippen molar-refractivity contribution in [2.75, 3.05) is 0 Å². The molecule has 2 N–H and O–H groups in total. The van der Waals surface area contributed by atoms with Crippen LogP contribution >= 0.6 is 0 Å². The number of nitrogens with one attached hydrogen (secondary N) is 1. The van der Waals surface area contributed by atoms with Gasteiger partial charge in [0.1, 0.15) is 0 Å². The van der Waals surface area contributed by atoms with Crippen molar-refractivity contribution < 1.29 is 24.3 Å². The van der Waals surface area contributed by atoms with Crippen LogP contribution < -0.4 is 5.43 Å². The van der Waals surface area contributed by atoms with Crippen molar-refractivity contribution in [3.05, 3.63) is 0 Å². The summed E-state index contributed by atoms with van der Waals surface area (Å²) in [6.07, 6.45) is 0.710. The van der Waals surface area contributed by atoms with Crippen LogP contribution in [0.25, 0.3) is 0 Å². The molecule has 0 spiro atoms. The van der Waals surface area contributed by atoms with E-state index in [1.54, 1.807) is 0 Å². The Balaban J connectivity index is 4.11. The maximum atomic E-state index is 11.5.